The molecule has 1 amide bonds. The van der Waals surface area contributed by atoms with Gasteiger partial charge in [-0.2, -0.15) is 0 Å². The number of benzene rings is 2. The van der Waals surface area contributed by atoms with Gasteiger partial charge in [0.05, 0.1) is 5.39 Å². The molecular formula is C24H23N3O2S. The minimum atomic E-state index is -0.173. The van der Waals surface area contributed by atoms with Crippen LogP contribution in [0.5, 0.6) is 0 Å². The third-order valence-corrected chi connectivity index (χ3v) is 6.24. The molecule has 5 nitrogen and oxygen atoms in total. The third kappa shape index (κ3) is 4.04. The molecule has 0 N–H and O–H groups in total. The van der Waals surface area contributed by atoms with Gasteiger partial charge in [-0.1, -0.05) is 60.2 Å². The molecule has 6 heteroatoms. The maximum absolute atomic E-state index is 13.1. The van der Waals surface area contributed by atoms with E-state index in [1.54, 1.807) is 18.9 Å². The van der Waals surface area contributed by atoms with E-state index in [2.05, 4.69) is 4.98 Å². The number of aryl methyl sites for hydroxylation is 2. The zero-order valence-corrected chi connectivity index (χ0v) is 18.1. The first kappa shape index (κ1) is 20.0. The molecule has 30 heavy (non-hydrogen) atoms. The minimum absolute atomic E-state index is 0.0213. The van der Waals surface area contributed by atoms with Crippen LogP contribution in [-0.4, -0.2) is 27.4 Å². The van der Waals surface area contributed by atoms with Gasteiger partial charge in [-0.05, 0) is 31.0 Å². The summed E-state index contributed by atoms with van der Waals surface area (Å²) in [6.07, 6.45) is 0. The van der Waals surface area contributed by atoms with E-state index in [0.717, 1.165) is 16.0 Å². The summed E-state index contributed by atoms with van der Waals surface area (Å²) in [5.74, 6) is 0.423. The number of hydrogen-bond acceptors (Lipinski definition) is 4. The van der Waals surface area contributed by atoms with Crippen LogP contribution in [0, 0.1) is 13.8 Å². The number of fused-ring (bicyclic) bond motifs is 1. The van der Waals surface area contributed by atoms with Crippen molar-refractivity contribution in [3.8, 4) is 10.4 Å². The number of likely N-dealkylation sites (N-methyl/N-ethyl adjacent to an activating group) is 1. The molecule has 0 fully saturated rings. The number of hydrogen-bond donors (Lipinski definition) is 0. The van der Waals surface area contributed by atoms with Crippen LogP contribution in [0.25, 0.3) is 20.7 Å². The van der Waals surface area contributed by atoms with E-state index < -0.39 is 0 Å². The monoisotopic (exact) mass is 417 g/mol. The molecule has 2 heterocycles. The van der Waals surface area contributed by atoms with Crippen molar-refractivity contribution in [3.63, 3.8) is 0 Å². The van der Waals surface area contributed by atoms with E-state index in [-0.39, 0.29) is 18.0 Å². The highest BCUT2D eigenvalue weighted by molar-refractivity contribution is 7.21. The lowest BCUT2D eigenvalue weighted by atomic mass is 10.1. The van der Waals surface area contributed by atoms with E-state index in [1.807, 2.05) is 67.6 Å². The molecule has 2 aromatic heterocycles. The smallest absolute Gasteiger partial charge is 0.262 e. The fourth-order valence-corrected chi connectivity index (χ4v) is 4.43. The van der Waals surface area contributed by atoms with Gasteiger partial charge >= 0.3 is 0 Å². The highest BCUT2D eigenvalue weighted by Crippen LogP contribution is 2.30. The minimum Gasteiger partial charge on any atom is -0.340 e. The fourth-order valence-electron chi connectivity index (χ4n) is 3.36. The van der Waals surface area contributed by atoms with Gasteiger partial charge in [-0.3, -0.25) is 14.2 Å². The average molecular weight is 418 g/mol. The molecule has 0 aliphatic rings. The quantitative estimate of drug-likeness (QED) is 0.484. The molecule has 2 aromatic carbocycles. The van der Waals surface area contributed by atoms with E-state index in [4.69, 9.17) is 0 Å². The van der Waals surface area contributed by atoms with Crippen LogP contribution in [0.4, 0.5) is 0 Å². The van der Waals surface area contributed by atoms with Crippen molar-refractivity contribution in [1.29, 1.82) is 0 Å². The number of rotatable bonds is 5. The van der Waals surface area contributed by atoms with Gasteiger partial charge < -0.3 is 4.90 Å². The topological polar surface area (TPSA) is 55.2 Å². The summed E-state index contributed by atoms with van der Waals surface area (Å²) in [5.41, 5.74) is 3.12. The highest BCUT2D eigenvalue weighted by atomic mass is 32.1. The SMILES string of the molecule is Cc1ccc(CN(C)C(=O)Cn2c(C)nc3sc(-c4ccccc4)cc3c2=O)cc1. The van der Waals surface area contributed by atoms with E-state index in [0.29, 0.717) is 22.6 Å². The maximum atomic E-state index is 13.1. The second kappa shape index (κ2) is 8.24. The second-order valence-corrected chi connectivity index (χ2v) is 8.51. The Labute approximate surface area is 179 Å². The Hall–Kier alpha value is -3.25. The lowest BCUT2D eigenvalue weighted by Crippen LogP contribution is -2.34. The fraction of sp³-hybridized carbons (Fsp3) is 0.208. The van der Waals surface area contributed by atoms with Crippen LogP contribution in [0.1, 0.15) is 17.0 Å². The van der Waals surface area contributed by atoms with Crippen molar-refractivity contribution in [2.24, 2.45) is 0 Å². The maximum Gasteiger partial charge on any atom is 0.262 e. The standard InChI is InChI=1S/C24H23N3O2S/c1-16-9-11-18(12-10-16)14-26(3)22(28)15-27-17(2)25-23-20(24(27)29)13-21(30-23)19-7-5-4-6-8-19/h4-13H,14-15H2,1-3H3. The predicted octanol–water partition coefficient (Wildman–Crippen LogP) is 4.40. The zero-order chi connectivity index (χ0) is 21.3. The molecule has 0 aliphatic heterocycles. The van der Waals surface area contributed by atoms with Gasteiger partial charge in [-0.25, -0.2) is 4.98 Å². The lowest BCUT2D eigenvalue weighted by molar-refractivity contribution is -0.131. The van der Waals surface area contributed by atoms with Crippen molar-refractivity contribution in [2.75, 3.05) is 7.05 Å². The number of carbonyl (C=O) groups excluding carboxylic acids is 1. The van der Waals surface area contributed by atoms with Crippen molar-refractivity contribution in [2.45, 2.75) is 26.9 Å². The van der Waals surface area contributed by atoms with Crippen molar-refractivity contribution in [1.82, 2.24) is 14.5 Å². The van der Waals surface area contributed by atoms with Gasteiger partial charge in [0.15, 0.2) is 0 Å². The summed E-state index contributed by atoms with van der Waals surface area (Å²) >= 11 is 1.50. The molecule has 0 saturated carbocycles. The molecule has 0 aliphatic carbocycles. The molecule has 0 atom stereocenters. The van der Waals surface area contributed by atoms with Crippen molar-refractivity contribution >= 4 is 27.5 Å². The van der Waals surface area contributed by atoms with Gasteiger partial charge in [0.1, 0.15) is 17.2 Å². The van der Waals surface area contributed by atoms with Crippen LogP contribution >= 0.6 is 11.3 Å². The summed E-state index contributed by atoms with van der Waals surface area (Å²) in [6, 6.07) is 19.9. The van der Waals surface area contributed by atoms with Crippen molar-refractivity contribution in [3.05, 3.63) is 88.0 Å². The predicted molar refractivity (Wildman–Crippen MR) is 122 cm³/mol. The van der Waals surface area contributed by atoms with Crippen LogP contribution in [0.3, 0.4) is 0 Å². The third-order valence-electron chi connectivity index (χ3n) is 5.16. The largest absolute Gasteiger partial charge is 0.340 e. The average Bonchev–Trinajstić information content (AvgIpc) is 3.17. The number of thiophene rings is 1. The summed E-state index contributed by atoms with van der Waals surface area (Å²) in [5, 5.41) is 0.554. The molecule has 4 aromatic rings. The molecule has 0 saturated heterocycles. The summed E-state index contributed by atoms with van der Waals surface area (Å²) in [4.78, 5) is 33.8. The Balaban J connectivity index is 1.59. The Morgan fingerprint density at radius 2 is 1.77 bits per heavy atom. The molecule has 4 rings (SSSR count). The number of nitrogens with zero attached hydrogens (tertiary/aromatic N) is 3. The van der Waals surface area contributed by atoms with E-state index >= 15 is 0 Å². The van der Waals surface area contributed by atoms with Gasteiger partial charge in [0.25, 0.3) is 5.56 Å². The second-order valence-electron chi connectivity index (χ2n) is 7.48. The van der Waals surface area contributed by atoms with Crippen LogP contribution in [0.2, 0.25) is 0 Å². The molecule has 0 spiro atoms. The van der Waals surface area contributed by atoms with Gasteiger partial charge in [-0.15, -0.1) is 11.3 Å². The molecule has 152 valence electrons. The lowest BCUT2D eigenvalue weighted by Gasteiger charge is -2.19. The first-order chi connectivity index (χ1) is 14.4. The molecule has 0 radical (unpaired) electrons. The number of aromatic nitrogens is 2. The van der Waals surface area contributed by atoms with Crippen LogP contribution in [0.15, 0.2) is 65.5 Å². The zero-order valence-electron chi connectivity index (χ0n) is 17.3. The van der Waals surface area contributed by atoms with Crippen LogP contribution < -0.4 is 5.56 Å². The Kier molecular flexibility index (Phi) is 5.50. The van der Waals surface area contributed by atoms with Crippen LogP contribution in [-0.2, 0) is 17.9 Å². The number of carbonyl (C=O) groups is 1. The molecule has 0 unspecified atom stereocenters. The van der Waals surface area contributed by atoms with Crippen molar-refractivity contribution < 1.29 is 4.79 Å². The van der Waals surface area contributed by atoms with E-state index in [1.165, 1.54) is 21.5 Å². The normalized spacial score (nSPS) is 11.0. The summed E-state index contributed by atoms with van der Waals surface area (Å²) < 4.78 is 1.47. The Bertz CT molecular complexity index is 1260. The summed E-state index contributed by atoms with van der Waals surface area (Å²) in [6.45, 7) is 4.28. The van der Waals surface area contributed by atoms with Gasteiger partial charge in [0, 0.05) is 18.5 Å². The summed E-state index contributed by atoms with van der Waals surface area (Å²) in [7, 11) is 1.76. The molecular weight excluding hydrogens is 394 g/mol. The highest BCUT2D eigenvalue weighted by Gasteiger charge is 2.17. The van der Waals surface area contributed by atoms with Gasteiger partial charge in [0.2, 0.25) is 5.91 Å². The number of amides is 1. The Morgan fingerprint density at radius 3 is 2.47 bits per heavy atom. The first-order valence-corrected chi connectivity index (χ1v) is 10.6. The molecule has 0 bridgehead atoms. The Morgan fingerprint density at radius 1 is 1.07 bits per heavy atom. The van der Waals surface area contributed by atoms with E-state index in [9.17, 15) is 9.59 Å². The first-order valence-electron chi connectivity index (χ1n) is 9.78.